The largest absolute Gasteiger partial charge is 0.497 e. The average molecular weight is 347 g/mol. The summed E-state index contributed by atoms with van der Waals surface area (Å²) in [7, 11) is 3.45. The van der Waals surface area contributed by atoms with Gasteiger partial charge in [-0.25, -0.2) is 4.98 Å². The van der Waals surface area contributed by atoms with E-state index >= 15 is 0 Å². The van der Waals surface area contributed by atoms with E-state index in [1.165, 1.54) is 0 Å². The van der Waals surface area contributed by atoms with E-state index in [-0.39, 0.29) is 0 Å². The number of hydrogen-bond acceptors (Lipinski definition) is 5. The fourth-order valence-corrected chi connectivity index (χ4v) is 3.31. The summed E-state index contributed by atoms with van der Waals surface area (Å²) in [6, 6.07) is 12.0. The highest BCUT2D eigenvalue weighted by atomic mass is 16.5. The highest BCUT2D eigenvalue weighted by molar-refractivity contribution is 5.97. The molecule has 2 aliphatic rings. The van der Waals surface area contributed by atoms with Crippen LogP contribution >= 0.6 is 0 Å². The molecule has 1 aliphatic heterocycles. The van der Waals surface area contributed by atoms with E-state index in [2.05, 4.69) is 30.2 Å². The van der Waals surface area contributed by atoms with Gasteiger partial charge in [0.2, 0.25) is 0 Å². The summed E-state index contributed by atoms with van der Waals surface area (Å²) in [6.45, 7) is 5.01. The Kier molecular flexibility index (Phi) is 3.99. The van der Waals surface area contributed by atoms with Gasteiger partial charge in [0.05, 0.1) is 12.5 Å². The molecule has 132 valence electrons. The van der Waals surface area contributed by atoms with Crippen molar-refractivity contribution in [3.8, 4) is 17.2 Å². The van der Waals surface area contributed by atoms with Crippen LogP contribution in [-0.2, 0) is 0 Å². The molecule has 1 heterocycles. The van der Waals surface area contributed by atoms with Crippen molar-refractivity contribution in [3.63, 3.8) is 0 Å². The number of hydrogen-bond donors (Lipinski definition) is 1. The number of rotatable bonds is 3. The van der Waals surface area contributed by atoms with Crippen LogP contribution in [0.3, 0.4) is 0 Å². The Morgan fingerprint density at radius 2 is 2.00 bits per heavy atom. The second-order valence-corrected chi connectivity index (χ2v) is 6.26. The van der Waals surface area contributed by atoms with E-state index in [1.807, 2.05) is 30.3 Å². The summed E-state index contributed by atoms with van der Waals surface area (Å²) in [5.41, 5.74) is 4.61. The van der Waals surface area contributed by atoms with Gasteiger partial charge in [-0.2, -0.15) is 0 Å². The van der Waals surface area contributed by atoms with Gasteiger partial charge in [0.15, 0.2) is 11.3 Å². The highest BCUT2D eigenvalue weighted by Crippen LogP contribution is 2.33. The summed E-state index contributed by atoms with van der Waals surface area (Å²) in [5, 5.41) is 6.24. The number of methoxy groups -OCH3 is 1. The third-order valence-corrected chi connectivity index (χ3v) is 4.63. The molecule has 5 heteroatoms. The maximum absolute atomic E-state index is 6.21. The molecule has 2 aromatic rings. The minimum absolute atomic E-state index is 0.713. The van der Waals surface area contributed by atoms with Gasteiger partial charge in [-0.1, -0.05) is 0 Å². The number of anilines is 1. The SMILES string of the molecule is CCNc1cc2oc3c/c(=N/C)c4ccc(OC)cc4c-3nc2cc1C. The zero-order valence-electron chi connectivity index (χ0n) is 15.4. The molecule has 0 radical (unpaired) electrons. The molecule has 0 aromatic heterocycles. The molecule has 0 fully saturated rings. The van der Waals surface area contributed by atoms with Crippen LogP contribution in [0, 0.1) is 6.92 Å². The Morgan fingerprint density at radius 3 is 2.73 bits per heavy atom. The van der Waals surface area contributed by atoms with Crippen LogP contribution in [0.1, 0.15) is 12.5 Å². The quantitative estimate of drug-likeness (QED) is 0.442. The third kappa shape index (κ3) is 2.56. The predicted octanol–water partition coefficient (Wildman–Crippen LogP) is 4.37. The molecule has 0 amide bonds. The van der Waals surface area contributed by atoms with E-state index in [1.54, 1.807) is 14.2 Å². The third-order valence-electron chi connectivity index (χ3n) is 4.63. The van der Waals surface area contributed by atoms with Gasteiger partial charge in [-0.3, -0.25) is 4.99 Å². The molecule has 5 nitrogen and oxygen atoms in total. The highest BCUT2D eigenvalue weighted by Gasteiger charge is 2.16. The fraction of sp³-hybridized carbons (Fsp3) is 0.238. The van der Waals surface area contributed by atoms with E-state index in [9.17, 15) is 0 Å². The van der Waals surface area contributed by atoms with E-state index in [4.69, 9.17) is 14.1 Å². The first kappa shape index (κ1) is 16.4. The fourth-order valence-electron chi connectivity index (χ4n) is 3.31. The van der Waals surface area contributed by atoms with Crippen molar-refractivity contribution < 1.29 is 9.15 Å². The zero-order valence-corrected chi connectivity index (χ0v) is 15.4. The number of fused-ring (bicyclic) bond motifs is 4. The van der Waals surface area contributed by atoms with Gasteiger partial charge in [-0.05, 0) is 43.7 Å². The van der Waals surface area contributed by atoms with E-state index < -0.39 is 0 Å². The van der Waals surface area contributed by atoms with Crippen LogP contribution in [0.4, 0.5) is 5.69 Å². The molecule has 26 heavy (non-hydrogen) atoms. The van der Waals surface area contributed by atoms with Crippen LogP contribution < -0.4 is 15.4 Å². The number of nitrogens with zero attached hydrogens (tertiary/aromatic N) is 2. The van der Waals surface area contributed by atoms with Crippen molar-refractivity contribution in [2.45, 2.75) is 13.8 Å². The minimum Gasteiger partial charge on any atom is -0.497 e. The Labute approximate surface area is 151 Å². The molecule has 0 atom stereocenters. The summed E-state index contributed by atoms with van der Waals surface area (Å²) >= 11 is 0. The normalized spacial score (nSPS) is 12.2. The number of benzene rings is 3. The number of nitrogens with one attached hydrogen (secondary N) is 1. The molecule has 0 bridgehead atoms. The molecule has 0 spiro atoms. The Morgan fingerprint density at radius 1 is 1.15 bits per heavy atom. The smallest absolute Gasteiger partial charge is 0.155 e. The zero-order chi connectivity index (χ0) is 18.3. The topological polar surface area (TPSA) is 59.7 Å². The van der Waals surface area contributed by atoms with E-state index in [0.717, 1.165) is 56.5 Å². The first-order valence-electron chi connectivity index (χ1n) is 8.67. The van der Waals surface area contributed by atoms with Gasteiger partial charge in [0.1, 0.15) is 17.0 Å². The molecule has 0 saturated carbocycles. The average Bonchev–Trinajstić information content (AvgIpc) is 2.66. The second-order valence-electron chi connectivity index (χ2n) is 6.26. The van der Waals surface area contributed by atoms with Crippen LogP contribution in [0.15, 0.2) is 45.8 Å². The van der Waals surface area contributed by atoms with Gasteiger partial charge < -0.3 is 14.5 Å². The molecular weight excluding hydrogens is 326 g/mol. The molecular formula is C21H21N3O2. The molecule has 0 saturated heterocycles. The van der Waals surface area contributed by atoms with Crippen molar-refractivity contribution >= 4 is 27.6 Å². The monoisotopic (exact) mass is 347 g/mol. The van der Waals surface area contributed by atoms with Gasteiger partial charge in [0.25, 0.3) is 0 Å². The van der Waals surface area contributed by atoms with Crippen molar-refractivity contribution in [2.75, 3.05) is 26.0 Å². The maximum atomic E-state index is 6.21. The first-order chi connectivity index (χ1) is 12.6. The van der Waals surface area contributed by atoms with Gasteiger partial charge >= 0.3 is 0 Å². The Hall–Kier alpha value is -3.08. The maximum Gasteiger partial charge on any atom is 0.155 e. The first-order valence-corrected chi connectivity index (χ1v) is 8.67. The van der Waals surface area contributed by atoms with Gasteiger partial charge in [-0.15, -0.1) is 0 Å². The lowest BCUT2D eigenvalue weighted by Crippen LogP contribution is -2.06. The molecule has 0 unspecified atom stereocenters. The molecule has 4 rings (SSSR count). The van der Waals surface area contributed by atoms with Crippen LogP contribution in [0.25, 0.3) is 33.3 Å². The van der Waals surface area contributed by atoms with Crippen LogP contribution in [-0.4, -0.2) is 25.7 Å². The molecule has 1 aliphatic carbocycles. The molecule has 2 aromatic carbocycles. The Bertz CT molecular complexity index is 1160. The second kappa shape index (κ2) is 6.33. The molecule has 1 N–H and O–H groups in total. The van der Waals surface area contributed by atoms with Crippen molar-refractivity contribution in [1.29, 1.82) is 0 Å². The summed E-state index contributed by atoms with van der Waals surface area (Å²) in [6.07, 6.45) is 0. The lowest BCUT2D eigenvalue weighted by Gasteiger charge is -2.13. The number of aromatic nitrogens is 1. The van der Waals surface area contributed by atoms with E-state index in [0.29, 0.717) is 5.76 Å². The van der Waals surface area contributed by atoms with Crippen molar-refractivity contribution in [2.24, 2.45) is 4.99 Å². The number of ether oxygens (including phenoxy) is 1. The standard InChI is InChI=1S/C21H21N3O2/c1-5-23-16-10-19-18(8-12(16)2)24-21-15-9-13(25-4)6-7-14(15)17(22-3)11-20(21)26-19/h6-11,23H,5H2,1-4H3/b22-17-. The van der Waals surface area contributed by atoms with Crippen molar-refractivity contribution in [1.82, 2.24) is 4.98 Å². The van der Waals surface area contributed by atoms with Crippen molar-refractivity contribution in [3.05, 3.63) is 47.3 Å². The lowest BCUT2D eigenvalue weighted by atomic mass is 10.0. The predicted molar refractivity (Wildman–Crippen MR) is 105 cm³/mol. The summed E-state index contributed by atoms with van der Waals surface area (Å²) < 4.78 is 11.6. The number of aryl methyl sites for hydroxylation is 1. The van der Waals surface area contributed by atoms with Crippen LogP contribution in [0.5, 0.6) is 5.75 Å². The Balaban J connectivity index is 2.11. The summed E-state index contributed by atoms with van der Waals surface area (Å²) in [5.74, 6) is 1.50. The minimum atomic E-state index is 0.713. The van der Waals surface area contributed by atoms with Gasteiger partial charge in [0, 0.05) is 42.2 Å². The lowest BCUT2D eigenvalue weighted by molar-refractivity contribution is 0.415. The summed E-state index contributed by atoms with van der Waals surface area (Å²) in [4.78, 5) is 9.30. The van der Waals surface area contributed by atoms with Crippen LogP contribution in [0.2, 0.25) is 0 Å².